The Morgan fingerprint density at radius 2 is 1.77 bits per heavy atom. The van der Waals surface area contributed by atoms with Gasteiger partial charge in [0.1, 0.15) is 0 Å². The Hall–Kier alpha value is 0. The van der Waals surface area contributed by atoms with E-state index in [1.165, 1.54) is 32.1 Å². The monoisotopic (exact) mass is 182 g/mol. The fourth-order valence-electron chi connectivity index (χ4n) is 2.94. The van der Waals surface area contributed by atoms with Crippen molar-refractivity contribution < 1.29 is 0 Å². The molecule has 0 bridgehead atoms. The molecular formula is C13H26. The molecule has 13 heavy (non-hydrogen) atoms. The van der Waals surface area contributed by atoms with Crippen molar-refractivity contribution in [1.82, 2.24) is 0 Å². The minimum atomic E-state index is 0.922. The molecule has 1 aliphatic carbocycles. The van der Waals surface area contributed by atoms with Crippen LogP contribution in [-0.4, -0.2) is 0 Å². The van der Waals surface area contributed by atoms with Crippen molar-refractivity contribution in [3.8, 4) is 0 Å². The van der Waals surface area contributed by atoms with Gasteiger partial charge in [0, 0.05) is 0 Å². The second kappa shape index (κ2) is 5.02. The van der Waals surface area contributed by atoms with Crippen molar-refractivity contribution in [2.75, 3.05) is 0 Å². The third kappa shape index (κ3) is 3.00. The summed E-state index contributed by atoms with van der Waals surface area (Å²) in [6.07, 6.45) is 7.25. The van der Waals surface area contributed by atoms with Crippen molar-refractivity contribution in [2.24, 2.45) is 23.7 Å². The van der Waals surface area contributed by atoms with Crippen molar-refractivity contribution in [3.05, 3.63) is 0 Å². The summed E-state index contributed by atoms with van der Waals surface area (Å²) < 4.78 is 0. The zero-order valence-electron chi connectivity index (χ0n) is 9.84. The normalized spacial score (nSPS) is 32.5. The van der Waals surface area contributed by atoms with E-state index in [4.69, 9.17) is 0 Å². The van der Waals surface area contributed by atoms with Crippen LogP contribution in [0.2, 0.25) is 0 Å². The predicted molar refractivity (Wildman–Crippen MR) is 59.7 cm³/mol. The number of rotatable bonds is 6. The van der Waals surface area contributed by atoms with Gasteiger partial charge in [0.2, 0.25) is 0 Å². The van der Waals surface area contributed by atoms with E-state index in [0.717, 1.165) is 23.7 Å². The molecule has 3 unspecified atom stereocenters. The molecule has 0 heterocycles. The summed E-state index contributed by atoms with van der Waals surface area (Å²) in [5, 5.41) is 0. The molecule has 0 amide bonds. The summed E-state index contributed by atoms with van der Waals surface area (Å²) in [5.74, 6) is 4.09. The molecule has 78 valence electrons. The Kier molecular flexibility index (Phi) is 4.28. The Bertz CT molecular complexity index is 137. The molecular weight excluding hydrogens is 156 g/mol. The molecule has 0 N–H and O–H groups in total. The van der Waals surface area contributed by atoms with E-state index in [1.807, 2.05) is 0 Å². The summed E-state index contributed by atoms with van der Waals surface area (Å²) in [5.41, 5.74) is 0. The topological polar surface area (TPSA) is 0 Å². The molecule has 0 heteroatoms. The van der Waals surface area contributed by atoms with Gasteiger partial charge in [-0.3, -0.25) is 0 Å². The van der Waals surface area contributed by atoms with Gasteiger partial charge in [-0.25, -0.2) is 0 Å². The van der Waals surface area contributed by atoms with E-state index in [1.54, 1.807) is 0 Å². The molecule has 1 rings (SSSR count). The second-order valence-electron chi connectivity index (χ2n) is 5.19. The van der Waals surface area contributed by atoms with Gasteiger partial charge < -0.3 is 0 Å². The highest BCUT2D eigenvalue weighted by atomic mass is 14.5. The largest absolute Gasteiger partial charge is 0.0654 e. The fraction of sp³-hybridized carbons (Fsp3) is 1.00. The zero-order chi connectivity index (χ0) is 9.84. The minimum absolute atomic E-state index is 0.922. The molecule has 0 aliphatic heterocycles. The second-order valence-corrected chi connectivity index (χ2v) is 5.19. The van der Waals surface area contributed by atoms with Crippen molar-refractivity contribution in [2.45, 2.75) is 59.8 Å². The van der Waals surface area contributed by atoms with Crippen LogP contribution in [0.25, 0.3) is 0 Å². The Labute approximate surface area is 84.1 Å². The van der Waals surface area contributed by atoms with Gasteiger partial charge in [0.15, 0.2) is 0 Å². The smallest absolute Gasteiger partial charge is 0.0331 e. The molecule has 0 aromatic rings. The van der Waals surface area contributed by atoms with Gasteiger partial charge in [-0.05, 0) is 30.1 Å². The van der Waals surface area contributed by atoms with Crippen molar-refractivity contribution >= 4 is 0 Å². The third-order valence-corrected chi connectivity index (χ3v) is 3.80. The maximum absolute atomic E-state index is 2.44. The number of unbranched alkanes of at least 4 members (excludes halogenated alkanes) is 3. The van der Waals surface area contributed by atoms with Gasteiger partial charge in [0.05, 0.1) is 0 Å². The lowest BCUT2D eigenvalue weighted by molar-refractivity contribution is 0.484. The molecule has 0 aromatic heterocycles. The highest BCUT2D eigenvalue weighted by molar-refractivity contribution is 4.95. The Morgan fingerprint density at radius 1 is 1.08 bits per heavy atom. The first kappa shape index (κ1) is 11.1. The third-order valence-electron chi connectivity index (χ3n) is 3.80. The van der Waals surface area contributed by atoms with Crippen LogP contribution >= 0.6 is 0 Å². The van der Waals surface area contributed by atoms with E-state index < -0.39 is 0 Å². The summed E-state index contributed by atoms with van der Waals surface area (Å²) in [6, 6.07) is 0. The first-order valence-corrected chi connectivity index (χ1v) is 6.18. The maximum atomic E-state index is 2.44. The van der Waals surface area contributed by atoms with E-state index >= 15 is 0 Å². The summed E-state index contributed by atoms with van der Waals surface area (Å²) in [6.45, 7) is 9.49. The minimum Gasteiger partial charge on any atom is -0.0654 e. The number of hydrogen-bond donors (Lipinski definition) is 0. The Balaban J connectivity index is 2.04. The molecule has 1 aliphatic rings. The standard InChI is InChI=1S/C13H26/c1-5-6-7-8-9-12-11(4)13(12)10(2)3/h10-13H,5-9H2,1-4H3. The van der Waals surface area contributed by atoms with Gasteiger partial charge in [-0.1, -0.05) is 53.4 Å². The lowest BCUT2D eigenvalue weighted by Gasteiger charge is -2.02. The predicted octanol–water partition coefficient (Wildman–Crippen LogP) is 4.49. The first-order chi connectivity index (χ1) is 6.18. The fourth-order valence-corrected chi connectivity index (χ4v) is 2.94. The van der Waals surface area contributed by atoms with E-state index in [-0.39, 0.29) is 0 Å². The van der Waals surface area contributed by atoms with Crippen LogP contribution in [-0.2, 0) is 0 Å². The maximum Gasteiger partial charge on any atom is -0.0331 e. The molecule has 0 aromatic carbocycles. The van der Waals surface area contributed by atoms with E-state index in [9.17, 15) is 0 Å². The molecule has 0 radical (unpaired) electrons. The van der Waals surface area contributed by atoms with Crippen LogP contribution in [0, 0.1) is 23.7 Å². The van der Waals surface area contributed by atoms with Crippen LogP contribution in [0.4, 0.5) is 0 Å². The van der Waals surface area contributed by atoms with E-state index in [0.29, 0.717) is 0 Å². The molecule has 0 spiro atoms. The van der Waals surface area contributed by atoms with Crippen LogP contribution < -0.4 is 0 Å². The zero-order valence-corrected chi connectivity index (χ0v) is 9.84. The molecule has 1 fully saturated rings. The van der Waals surface area contributed by atoms with Crippen molar-refractivity contribution in [1.29, 1.82) is 0 Å². The lowest BCUT2D eigenvalue weighted by atomic mass is 10.0. The van der Waals surface area contributed by atoms with Gasteiger partial charge in [0.25, 0.3) is 0 Å². The molecule has 1 saturated carbocycles. The van der Waals surface area contributed by atoms with E-state index in [2.05, 4.69) is 27.7 Å². The van der Waals surface area contributed by atoms with Gasteiger partial charge in [-0.15, -0.1) is 0 Å². The van der Waals surface area contributed by atoms with Crippen molar-refractivity contribution in [3.63, 3.8) is 0 Å². The number of hydrogen-bond acceptors (Lipinski definition) is 0. The van der Waals surface area contributed by atoms with Gasteiger partial charge >= 0.3 is 0 Å². The lowest BCUT2D eigenvalue weighted by Crippen LogP contribution is -1.93. The average Bonchev–Trinajstić information content (AvgIpc) is 2.71. The van der Waals surface area contributed by atoms with Crippen LogP contribution in [0.5, 0.6) is 0 Å². The average molecular weight is 182 g/mol. The highest BCUT2D eigenvalue weighted by Gasteiger charge is 2.46. The van der Waals surface area contributed by atoms with Gasteiger partial charge in [-0.2, -0.15) is 0 Å². The first-order valence-electron chi connectivity index (χ1n) is 6.18. The summed E-state index contributed by atoms with van der Waals surface area (Å²) >= 11 is 0. The molecule has 3 atom stereocenters. The SMILES string of the molecule is CCCCCCC1C(C)C1C(C)C. The molecule has 0 nitrogen and oxygen atoms in total. The quantitative estimate of drug-likeness (QED) is 0.531. The van der Waals surface area contributed by atoms with Crippen LogP contribution in [0.3, 0.4) is 0 Å². The summed E-state index contributed by atoms with van der Waals surface area (Å²) in [4.78, 5) is 0. The molecule has 0 saturated heterocycles. The van der Waals surface area contributed by atoms with Crippen LogP contribution in [0.15, 0.2) is 0 Å². The van der Waals surface area contributed by atoms with Crippen LogP contribution in [0.1, 0.15) is 59.8 Å². The summed E-state index contributed by atoms with van der Waals surface area (Å²) in [7, 11) is 0. The Morgan fingerprint density at radius 3 is 2.23 bits per heavy atom. The highest BCUT2D eigenvalue weighted by Crippen LogP contribution is 2.53.